The van der Waals surface area contributed by atoms with Crippen molar-refractivity contribution in [3.8, 4) is 0 Å². The summed E-state index contributed by atoms with van der Waals surface area (Å²) in [6.07, 6.45) is 0.338. The van der Waals surface area contributed by atoms with Gasteiger partial charge in [0.15, 0.2) is 5.78 Å². The highest BCUT2D eigenvalue weighted by molar-refractivity contribution is 8.00. The summed E-state index contributed by atoms with van der Waals surface area (Å²) >= 11 is 21.1. The zero-order valence-electron chi connectivity index (χ0n) is 11.4. The third-order valence-corrected chi connectivity index (χ3v) is 6.70. The molecule has 1 aromatic rings. The fraction of sp³-hybridized carbons (Fsp3) is 0.533. The van der Waals surface area contributed by atoms with Gasteiger partial charge in [0.1, 0.15) is 4.33 Å². The molecule has 20 heavy (non-hydrogen) atoms. The first-order chi connectivity index (χ1) is 9.23. The predicted octanol–water partition coefficient (Wildman–Crippen LogP) is 5.18. The van der Waals surface area contributed by atoms with Gasteiger partial charge in [-0.25, -0.2) is 0 Å². The molecule has 0 saturated carbocycles. The molecule has 1 saturated heterocycles. The summed E-state index contributed by atoms with van der Waals surface area (Å²) in [5.74, 6) is 0.802. The van der Waals surface area contributed by atoms with E-state index in [1.54, 1.807) is 11.8 Å². The molecule has 1 nitrogen and oxygen atoms in total. The average Bonchev–Trinajstić information content (AvgIpc) is 2.65. The molecule has 5 heteroatoms. The van der Waals surface area contributed by atoms with Crippen LogP contribution in [0.5, 0.6) is 0 Å². The number of Topliss-reactive ketones (excluding diaryl/α,β-unsaturated/α-hetero) is 1. The minimum absolute atomic E-state index is 0.0430. The Kier molecular flexibility index (Phi) is 5.01. The minimum atomic E-state index is -0.972. The molecule has 0 aliphatic carbocycles. The summed E-state index contributed by atoms with van der Waals surface area (Å²) in [5.41, 5.74) is 0.700. The van der Waals surface area contributed by atoms with Crippen LogP contribution in [0.1, 0.15) is 30.6 Å². The van der Waals surface area contributed by atoms with Gasteiger partial charge in [-0.2, -0.15) is 11.8 Å². The Balaban J connectivity index is 2.10. The van der Waals surface area contributed by atoms with Gasteiger partial charge in [0.2, 0.25) is 0 Å². The maximum absolute atomic E-state index is 12.3. The minimum Gasteiger partial charge on any atom is -0.294 e. The molecule has 0 bridgehead atoms. The lowest BCUT2D eigenvalue weighted by Gasteiger charge is -2.34. The Morgan fingerprint density at radius 2 is 1.95 bits per heavy atom. The van der Waals surface area contributed by atoms with Gasteiger partial charge in [-0.3, -0.25) is 4.79 Å². The number of thioether (sulfide) groups is 1. The number of benzene rings is 1. The molecule has 2 rings (SSSR count). The molecule has 1 aliphatic heterocycles. The van der Waals surface area contributed by atoms with Gasteiger partial charge in [-0.05, 0) is 13.8 Å². The number of rotatable bonds is 4. The van der Waals surface area contributed by atoms with Gasteiger partial charge in [0.25, 0.3) is 0 Å². The SMILES string of the molecule is CC(C)(Cl)[C@H]1CS[C@@H](CC(=O)c2ccccc2)C1(Cl)Cl. The van der Waals surface area contributed by atoms with Gasteiger partial charge in [-0.1, -0.05) is 53.5 Å². The van der Waals surface area contributed by atoms with Crippen molar-refractivity contribution in [1.82, 2.24) is 0 Å². The maximum Gasteiger partial charge on any atom is 0.164 e. The molecule has 0 amide bonds. The zero-order chi connectivity index (χ0) is 15.0. The Morgan fingerprint density at radius 1 is 1.35 bits per heavy atom. The van der Waals surface area contributed by atoms with Crippen LogP contribution in [0.4, 0.5) is 0 Å². The van der Waals surface area contributed by atoms with Crippen LogP contribution >= 0.6 is 46.6 Å². The number of alkyl halides is 3. The Bertz CT molecular complexity index is 482. The van der Waals surface area contributed by atoms with Crippen LogP contribution in [0.2, 0.25) is 0 Å². The Hall–Kier alpha value is 0.110. The number of carbonyl (C=O) groups excluding carboxylic acids is 1. The normalized spacial score (nSPS) is 25.6. The van der Waals surface area contributed by atoms with Gasteiger partial charge < -0.3 is 0 Å². The molecule has 0 N–H and O–H groups in total. The summed E-state index contributed by atoms with van der Waals surface area (Å²) in [6.45, 7) is 3.83. The fourth-order valence-corrected chi connectivity index (χ4v) is 6.05. The van der Waals surface area contributed by atoms with E-state index in [0.29, 0.717) is 12.0 Å². The number of halogens is 3. The van der Waals surface area contributed by atoms with Crippen molar-refractivity contribution in [3.05, 3.63) is 35.9 Å². The maximum atomic E-state index is 12.3. The van der Waals surface area contributed by atoms with Crippen LogP contribution in [0.3, 0.4) is 0 Å². The molecule has 1 aliphatic rings. The second kappa shape index (κ2) is 6.08. The molecule has 1 aromatic carbocycles. The van der Waals surface area contributed by atoms with E-state index in [4.69, 9.17) is 34.8 Å². The van der Waals surface area contributed by atoms with E-state index in [1.165, 1.54) is 0 Å². The van der Waals surface area contributed by atoms with Crippen LogP contribution in [-0.4, -0.2) is 26.0 Å². The quantitative estimate of drug-likeness (QED) is 0.549. The van der Waals surface area contributed by atoms with E-state index in [9.17, 15) is 4.79 Å². The number of carbonyl (C=O) groups is 1. The van der Waals surface area contributed by atoms with Crippen molar-refractivity contribution < 1.29 is 4.79 Å². The summed E-state index contributed by atoms with van der Waals surface area (Å²) in [6, 6.07) is 9.23. The van der Waals surface area contributed by atoms with Crippen LogP contribution in [0.15, 0.2) is 30.3 Å². The first-order valence-corrected chi connectivity index (χ1v) is 8.67. The molecular formula is C15H17Cl3OS. The average molecular weight is 352 g/mol. The topological polar surface area (TPSA) is 17.1 Å². The Labute approximate surface area is 139 Å². The third-order valence-electron chi connectivity index (χ3n) is 3.65. The number of hydrogen-bond acceptors (Lipinski definition) is 2. The summed E-state index contributed by atoms with van der Waals surface area (Å²) in [4.78, 5) is 11.8. The molecule has 110 valence electrons. The zero-order valence-corrected chi connectivity index (χ0v) is 14.5. The first kappa shape index (κ1) is 16.5. The van der Waals surface area contributed by atoms with E-state index in [0.717, 1.165) is 5.75 Å². The summed E-state index contributed by atoms with van der Waals surface area (Å²) < 4.78 is -0.972. The molecule has 1 heterocycles. The highest BCUT2D eigenvalue weighted by Gasteiger charge is 2.54. The number of ketones is 1. The van der Waals surface area contributed by atoms with Crippen molar-refractivity contribution in [2.24, 2.45) is 5.92 Å². The standard InChI is InChI=1S/C15H17Cl3OS/c1-14(2,16)12-9-20-13(15(12,17)18)8-11(19)10-6-4-3-5-7-10/h3-7,12-13H,8-9H2,1-2H3/t12-,13+/m1/s1. The molecule has 0 aromatic heterocycles. The van der Waals surface area contributed by atoms with Crippen molar-refractivity contribution in [2.75, 3.05) is 5.75 Å². The molecule has 1 fully saturated rings. The lowest BCUT2D eigenvalue weighted by molar-refractivity contribution is 0.0979. The van der Waals surface area contributed by atoms with E-state index >= 15 is 0 Å². The molecule has 0 unspecified atom stereocenters. The monoisotopic (exact) mass is 350 g/mol. The van der Waals surface area contributed by atoms with E-state index in [2.05, 4.69) is 0 Å². The second-order valence-corrected chi connectivity index (χ2v) is 9.26. The van der Waals surface area contributed by atoms with E-state index in [1.807, 2.05) is 44.2 Å². The lowest BCUT2D eigenvalue weighted by Crippen LogP contribution is -2.41. The van der Waals surface area contributed by atoms with Gasteiger partial charge in [0, 0.05) is 33.8 Å². The second-order valence-electron chi connectivity index (χ2n) is 5.61. The molecular weight excluding hydrogens is 335 g/mol. The first-order valence-electron chi connectivity index (χ1n) is 6.49. The van der Waals surface area contributed by atoms with Crippen molar-refractivity contribution in [1.29, 1.82) is 0 Å². The largest absolute Gasteiger partial charge is 0.294 e. The number of hydrogen-bond donors (Lipinski definition) is 0. The highest BCUT2D eigenvalue weighted by atomic mass is 35.5. The third kappa shape index (κ3) is 3.47. The van der Waals surface area contributed by atoms with E-state index in [-0.39, 0.29) is 17.0 Å². The van der Waals surface area contributed by atoms with Crippen LogP contribution in [-0.2, 0) is 0 Å². The Morgan fingerprint density at radius 3 is 2.45 bits per heavy atom. The van der Waals surface area contributed by atoms with Crippen LogP contribution in [0, 0.1) is 5.92 Å². The van der Waals surface area contributed by atoms with Gasteiger partial charge in [0.05, 0.1) is 0 Å². The van der Waals surface area contributed by atoms with Crippen molar-refractivity contribution >= 4 is 52.3 Å². The van der Waals surface area contributed by atoms with Crippen molar-refractivity contribution in [2.45, 2.75) is 34.7 Å². The molecule has 2 atom stereocenters. The molecule has 0 radical (unpaired) electrons. The molecule has 0 spiro atoms. The fourth-order valence-electron chi connectivity index (χ4n) is 2.42. The van der Waals surface area contributed by atoms with Crippen molar-refractivity contribution in [3.63, 3.8) is 0 Å². The highest BCUT2D eigenvalue weighted by Crippen LogP contribution is 2.54. The smallest absolute Gasteiger partial charge is 0.164 e. The van der Waals surface area contributed by atoms with Gasteiger partial charge >= 0.3 is 0 Å². The van der Waals surface area contributed by atoms with E-state index < -0.39 is 9.21 Å². The predicted molar refractivity (Wildman–Crippen MR) is 89.5 cm³/mol. The van der Waals surface area contributed by atoms with Gasteiger partial charge in [-0.15, -0.1) is 11.6 Å². The van der Waals surface area contributed by atoms with Crippen LogP contribution in [0.25, 0.3) is 0 Å². The summed E-state index contributed by atoms with van der Waals surface area (Å²) in [5, 5.41) is -0.124. The van der Waals surface area contributed by atoms with Crippen LogP contribution < -0.4 is 0 Å². The summed E-state index contributed by atoms with van der Waals surface area (Å²) in [7, 11) is 0. The lowest BCUT2D eigenvalue weighted by atomic mass is 9.89.